The second kappa shape index (κ2) is 23.8. The number of nitrogens with zero attached hydrogens (tertiary/aromatic N) is 3. The summed E-state index contributed by atoms with van der Waals surface area (Å²) in [5.74, 6) is -1.74. The lowest BCUT2D eigenvalue weighted by atomic mass is 9.89. The number of aliphatic hydroxyl groups excluding tert-OH is 1. The molecule has 1 aliphatic heterocycles. The standard InChI is InChI=1S/C47H76N6O7/c1-13-31(6)42(52(10)47(58)40(29(2)3)50-46(57)41(30(4)5)51(9)27-25-34-21-23-36(48)24-22-34)38(59-11)28-39(54)53-26-17-20-37(53)44(60-12)32(7)45(56)49-33(8)43(55)35-18-15-14-16-19-35/h14-16,18-19,21-24,29-33,37-38,40-44,55H,13,17,20,25-28,48H2,1-12H3,(H,49,56)(H,50,57)/t31-,32+,33+,37-,38-,40-,41-,42-,43-,44+/m0/s1. The number of amides is 4. The summed E-state index contributed by atoms with van der Waals surface area (Å²) in [4.78, 5) is 61.9. The third-order valence-corrected chi connectivity index (χ3v) is 12.6. The van der Waals surface area contributed by atoms with Crippen molar-refractivity contribution in [3.05, 3.63) is 65.7 Å². The van der Waals surface area contributed by atoms with Gasteiger partial charge in [0.1, 0.15) is 6.04 Å². The van der Waals surface area contributed by atoms with Crippen molar-refractivity contribution in [1.29, 1.82) is 0 Å². The Morgan fingerprint density at radius 2 is 1.52 bits per heavy atom. The van der Waals surface area contributed by atoms with Crippen molar-refractivity contribution in [2.45, 2.75) is 136 Å². The van der Waals surface area contributed by atoms with Gasteiger partial charge in [-0.15, -0.1) is 0 Å². The SMILES string of the molecule is CC[C@H](C)[C@@H]([C@H](CC(=O)N1CCC[C@H]1[C@H](OC)[C@@H](C)C(=O)N[C@H](C)[C@H](O)c1ccccc1)OC)N(C)C(=O)[C@@H](NC(=O)[C@H](C(C)C)N(C)CCc1ccc(N)cc1)C(C)C. The molecular weight excluding hydrogens is 761 g/mol. The number of carbonyl (C=O) groups is 4. The Kier molecular flexibility index (Phi) is 20.0. The molecule has 13 nitrogen and oxygen atoms in total. The molecule has 1 saturated heterocycles. The number of methoxy groups -OCH3 is 2. The van der Waals surface area contributed by atoms with Crippen molar-refractivity contribution in [1.82, 2.24) is 25.3 Å². The topological polar surface area (TPSA) is 167 Å². The van der Waals surface area contributed by atoms with E-state index in [9.17, 15) is 24.3 Å². The molecule has 0 unspecified atom stereocenters. The van der Waals surface area contributed by atoms with Gasteiger partial charge in [-0.2, -0.15) is 0 Å². The van der Waals surface area contributed by atoms with Crippen LogP contribution in [-0.2, 0) is 35.1 Å². The van der Waals surface area contributed by atoms with Crippen LogP contribution in [0, 0.1) is 23.7 Å². The molecule has 336 valence electrons. The average molecular weight is 837 g/mol. The van der Waals surface area contributed by atoms with Crippen LogP contribution in [0.4, 0.5) is 5.69 Å². The fraction of sp³-hybridized carbons (Fsp3) is 0.660. The number of nitrogen functional groups attached to an aromatic ring is 1. The smallest absolute Gasteiger partial charge is 0.245 e. The molecule has 1 heterocycles. The van der Waals surface area contributed by atoms with E-state index >= 15 is 0 Å². The number of likely N-dealkylation sites (N-methyl/N-ethyl adjacent to an activating group) is 2. The maximum atomic E-state index is 14.5. The van der Waals surface area contributed by atoms with Crippen LogP contribution in [-0.4, -0.2) is 127 Å². The van der Waals surface area contributed by atoms with E-state index in [0.717, 1.165) is 24.8 Å². The van der Waals surface area contributed by atoms with Crippen LogP contribution < -0.4 is 16.4 Å². The van der Waals surface area contributed by atoms with E-state index < -0.39 is 48.4 Å². The summed E-state index contributed by atoms with van der Waals surface area (Å²) in [6.07, 6.45) is 0.792. The number of benzene rings is 2. The van der Waals surface area contributed by atoms with E-state index in [4.69, 9.17) is 15.2 Å². The quantitative estimate of drug-likeness (QED) is 0.112. The largest absolute Gasteiger partial charge is 0.399 e. The summed E-state index contributed by atoms with van der Waals surface area (Å²) >= 11 is 0. The fourth-order valence-corrected chi connectivity index (χ4v) is 8.79. The van der Waals surface area contributed by atoms with Crippen LogP contribution in [0.3, 0.4) is 0 Å². The van der Waals surface area contributed by atoms with Crippen molar-refractivity contribution in [2.75, 3.05) is 47.1 Å². The van der Waals surface area contributed by atoms with Crippen LogP contribution in [0.1, 0.15) is 98.3 Å². The number of ether oxygens (including phenoxy) is 2. The number of nitrogens with one attached hydrogen (secondary N) is 2. The van der Waals surface area contributed by atoms with Crippen molar-refractivity contribution in [3.8, 4) is 0 Å². The van der Waals surface area contributed by atoms with Crippen molar-refractivity contribution in [3.63, 3.8) is 0 Å². The molecule has 0 aliphatic carbocycles. The van der Waals surface area contributed by atoms with E-state index in [0.29, 0.717) is 30.8 Å². The number of hydrogen-bond acceptors (Lipinski definition) is 9. The Bertz CT molecular complexity index is 1640. The number of hydrogen-bond donors (Lipinski definition) is 4. The zero-order valence-corrected chi connectivity index (χ0v) is 38.4. The van der Waals surface area contributed by atoms with E-state index in [1.165, 1.54) is 0 Å². The highest BCUT2D eigenvalue weighted by molar-refractivity contribution is 5.90. The van der Waals surface area contributed by atoms with Crippen LogP contribution >= 0.6 is 0 Å². The van der Waals surface area contributed by atoms with Gasteiger partial charge in [0.15, 0.2) is 0 Å². The average Bonchev–Trinajstić information content (AvgIpc) is 3.71. The molecular formula is C47H76N6O7. The summed E-state index contributed by atoms with van der Waals surface area (Å²) in [5, 5.41) is 17.0. The summed E-state index contributed by atoms with van der Waals surface area (Å²) < 4.78 is 12.0. The van der Waals surface area contributed by atoms with E-state index in [1.807, 2.05) is 108 Å². The number of aliphatic hydroxyl groups is 1. The number of carbonyl (C=O) groups excluding carboxylic acids is 4. The molecule has 1 fully saturated rings. The minimum atomic E-state index is -0.885. The highest BCUT2D eigenvalue weighted by Crippen LogP contribution is 2.30. The Morgan fingerprint density at radius 3 is 2.07 bits per heavy atom. The van der Waals surface area contributed by atoms with Gasteiger partial charge in [0, 0.05) is 40.0 Å². The minimum Gasteiger partial charge on any atom is -0.399 e. The monoisotopic (exact) mass is 837 g/mol. The van der Waals surface area contributed by atoms with Gasteiger partial charge in [0.05, 0.1) is 54.8 Å². The van der Waals surface area contributed by atoms with Crippen molar-refractivity contribution >= 4 is 29.3 Å². The molecule has 10 atom stereocenters. The van der Waals surface area contributed by atoms with E-state index in [1.54, 1.807) is 44.9 Å². The molecule has 0 saturated carbocycles. The van der Waals surface area contributed by atoms with Crippen molar-refractivity contribution < 1.29 is 33.8 Å². The first-order valence-corrected chi connectivity index (χ1v) is 21.9. The maximum Gasteiger partial charge on any atom is 0.245 e. The zero-order chi connectivity index (χ0) is 44.8. The molecule has 2 aromatic rings. The highest BCUT2D eigenvalue weighted by Gasteiger charge is 2.43. The van der Waals surface area contributed by atoms with E-state index in [2.05, 4.69) is 10.6 Å². The number of likely N-dealkylation sites (tertiary alicyclic amines) is 1. The molecule has 13 heteroatoms. The summed E-state index contributed by atoms with van der Waals surface area (Å²) in [5.41, 5.74) is 8.41. The fourth-order valence-electron chi connectivity index (χ4n) is 8.79. The molecule has 60 heavy (non-hydrogen) atoms. The Hall–Kier alpha value is -4.04. The van der Waals surface area contributed by atoms with Crippen LogP contribution in [0.25, 0.3) is 0 Å². The highest BCUT2D eigenvalue weighted by atomic mass is 16.5. The lowest BCUT2D eigenvalue weighted by Crippen LogP contribution is -2.60. The van der Waals surface area contributed by atoms with Crippen LogP contribution in [0.5, 0.6) is 0 Å². The molecule has 0 radical (unpaired) electrons. The second-order valence-corrected chi connectivity index (χ2v) is 17.6. The van der Waals surface area contributed by atoms with E-state index in [-0.39, 0.29) is 53.8 Å². The van der Waals surface area contributed by atoms with Gasteiger partial charge < -0.3 is 40.7 Å². The first-order chi connectivity index (χ1) is 28.4. The Morgan fingerprint density at radius 1 is 0.883 bits per heavy atom. The first kappa shape index (κ1) is 50.3. The van der Waals surface area contributed by atoms with Gasteiger partial charge in [-0.3, -0.25) is 24.1 Å². The summed E-state index contributed by atoms with van der Waals surface area (Å²) in [6.45, 7) is 16.7. The third kappa shape index (κ3) is 13.2. The first-order valence-electron chi connectivity index (χ1n) is 21.9. The lowest BCUT2D eigenvalue weighted by Gasteiger charge is -2.41. The summed E-state index contributed by atoms with van der Waals surface area (Å²) in [7, 11) is 6.80. The number of anilines is 1. The molecule has 0 spiro atoms. The van der Waals surface area contributed by atoms with Crippen LogP contribution in [0.15, 0.2) is 54.6 Å². The van der Waals surface area contributed by atoms with Gasteiger partial charge >= 0.3 is 0 Å². The molecule has 5 N–H and O–H groups in total. The molecule has 2 aromatic carbocycles. The minimum absolute atomic E-state index is 0.0144. The molecule has 1 aliphatic rings. The zero-order valence-electron chi connectivity index (χ0n) is 38.4. The predicted molar refractivity (Wildman–Crippen MR) is 238 cm³/mol. The summed E-state index contributed by atoms with van der Waals surface area (Å²) in [6, 6.07) is 14.3. The maximum absolute atomic E-state index is 14.5. The Balaban J connectivity index is 1.75. The second-order valence-electron chi connectivity index (χ2n) is 17.6. The van der Waals surface area contributed by atoms with Gasteiger partial charge in [-0.1, -0.05) is 97.4 Å². The molecule has 4 amide bonds. The number of rotatable bonds is 23. The van der Waals surface area contributed by atoms with Gasteiger partial charge in [-0.05, 0) is 74.2 Å². The number of nitrogens with two attached hydrogens (primary N) is 1. The third-order valence-electron chi connectivity index (χ3n) is 12.6. The van der Waals surface area contributed by atoms with Crippen LogP contribution in [0.2, 0.25) is 0 Å². The molecule has 3 rings (SSSR count). The normalized spacial score (nSPS) is 18.9. The molecule has 0 bridgehead atoms. The van der Waals surface area contributed by atoms with Gasteiger partial charge in [-0.25, -0.2) is 0 Å². The lowest BCUT2D eigenvalue weighted by molar-refractivity contribution is -0.148. The Labute approximate surface area is 360 Å². The van der Waals surface area contributed by atoms with Gasteiger partial charge in [0.2, 0.25) is 23.6 Å². The predicted octanol–water partition coefficient (Wildman–Crippen LogP) is 5.07. The van der Waals surface area contributed by atoms with Gasteiger partial charge in [0.25, 0.3) is 0 Å². The molecule has 0 aromatic heterocycles. The van der Waals surface area contributed by atoms with Crippen molar-refractivity contribution in [2.24, 2.45) is 23.7 Å².